The van der Waals surface area contributed by atoms with E-state index in [1.807, 2.05) is 76.4 Å². The molecular formula is C31H33N5O2S. The third-order valence-electron chi connectivity index (χ3n) is 6.88. The standard InChI is InChI=1S/C31H33N5O2S/c1-5-38-24-14-11-22(12-15-24)35-18-8-10-27(35)29-28(26-9-6-7-17-32-26)34-31(39)36(29)23-13-16-25(21(4)19-23)33-30(37)20(2)3/h6-20,28-29H,5H2,1-4H3,(H,33,37)(H,34,39)/t28-,29-/m0/s1. The Hall–Kier alpha value is -4.17. The van der Waals surface area contributed by atoms with Gasteiger partial charge in [-0.1, -0.05) is 19.9 Å². The molecule has 1 fully saturated rings. The van der Waals surface area contributed by atoms with Crippen LogP contribution < -0.4 is 20.3 Å². The van der Waals surface area contributed by atoms with Crippen LogP contribution in [0.4, 0.5) is 11.4 Å². The van der Waals surface area contributed by atoms with Gasteiger partial charge in [0, 0.05) is 41.1 Å². The van der Waals surface area contributed by atoms with Gasteiger partial charge in [-0.3, -0.25) is 9.78 Å². The molecule has 0 saturated carbocycles. The SMILES string of the molecule is CCOc1ccc(-n2cccc2[C@H]2[C@H](c3ccccn3)NC(=S)N2c2ccc(NC(=O)C(C)C)c(C)c2)cc1. The van der Waals surface area contributed by atoms with Gasteiger partial charge in [0.2, 0.25) is 5.91 Å². The molecular weight excluding hydrogens is 506 g/mol. The number of benzene rings is 2. The van der Waals surface area contributed by atoms with Crippen LogP contribution in [0.15, 0.2) is 85.2 Å². The van der Waals surface area contributed by atoms with E-state index < -0.39 is 0 Å². The summed E-state index contributed by atoms with van der Waals surface area (Å²) >= 11 is 5.93. The maximum absolute atomic E-state index is 12.3. The summed E-state index contributed by atoms with van der Waals surface area (Å²) in [5.41, 5.74) is 5.70. The number of hydrogen-bond donors (Lipinski definition) is 2. The molecule has 200 valence electrons. The topological polar surface area (TPSA) is 71.4 Å². The molecule has 0 aliphatic carbocycles. The molecule has 1 aliphatic heterocycles. The van der Waals surface area contributed by atoms with Crippen molar-refractivity contribution in [3.8, 4) is 11.4 Å². The first-order valence-electron chi connectivity index (χ1n) is 13.2. The fourth-order valence-electron chi connectivity index (χ4n) is 4.89. The normalized spacial score (nSPS) is 16.8. The number of rotatable bonds is 8. The Kier molecular flexibility index (Phi) is 7.65. The molecule has 1 aliphatic rings. The van der Waals surface area contributed by atoms with Crippen LogP contribution in [-0.4, -0.2) is 27.2 Å². The average Bonchev–Trinajstić information content (AvgIpc) is 3.55. The molecule has 0 bridgehead atoms. The fraction of sp³-hybridized carbons (Fsp3) is 0.258. The largest absolute Gasteiger partial charge is 0.494 e. The highest BCUT2D eigenvalue weighted by molar-refractivity contribution is 7.80. The zero-order chi connectivity index (χ0) is 27.5. The van der Waals surface area contributed by atoms with E-state index in [0.717, 1.165) is 39.8 Å². The Bertz CT molecular complexity index is 1470. The Morgan fingerprint density at radius 2 is 1.85 bits per heavy atom. The van der Waals surface area contributed by atoms with Crippen molar-refractivity contribution in [3.63, 3.8) is 0 Å². The van der Waals surface area contributed by atoms with Crippen LogP contribution in [0.2, 0.25) is 0 Å². The lowest BCUT2D eigenvalue weighted by Crippen LogP contribution is -2.30. The smallest absolute Gasteiger partial charge is 0.226 e. The van der Waals surface area contributed by atoms with Crippen molar-refractivity contribution in [2.75, 3.05) is 16.8 Å². The summed E-state index contributed by atoms with van der Waals surface area (Å²) in [5, 5.41) is 7.18. The molecule has 1 amide bonds. The maximum atomic E-state index is 12.3. The monoisotopic (exact) mass is 539 g/mol. The number of nitrogens with one attached hydrogen (secondary N) is 2. The van der Waals surface area contributed by atoms with Gasteiger partial charge in [0.05, 0.1) is 18.3 Å². The third-order valence-corrected chi connectivity index (χ3v) is 7.19. The highest BCUT2D eigenvalue weighted by atomic mass is 32.1. The van der Waals surface area contributed by atoms with E-state index in [0.29, 0.717) is 11.7 Å². The Labute approximate surface area is 234 Å². The summed E-state index contributed by atoms with van der Waals surface area (Å²) in [6.45, 7) is 8.37. The first kappa shape index (κ1) is 26.4. The van der Waals surface area contributed by atoms with Gasteiger partial charge < -0.3 is 24.8 Å². The molecule has 0 spiro atoms. The lowest BCUT2D eigenvalue weighted by molar-refractivity contribution is -0.118. The minimum absolute atomic E-state index is 0.00881. The van der Waals surface area contributed by atoms with Crippen LogP contribution in [0.1, 0.15) is 49.8 Å². The van der Waals surface area contributed by atoms with Gasteiger partial charge in [-0.25, -0.2) is 0 Å². The maximum Gasteiger partial charge on any atom is 0.226 e. The summed E-state index contributed by atoms with van der Waals surface area (Å²) in [6, 6.07) is 23.9. The number of anilines is 2. The zero-order valence-corrected chi connectivity index (χ0v) is 23.4. The molecule has 2 aromatic carbocycles. The predicted molar refractivity (Wildman–Crippen MR) is 160 cm³/mol. The van der Waals surface area contributed by atoms with E-state index in [-0.39, 0.29) is 23.9 Å². The first-order valence-corrected chi connectivity index (χ1v) is 13.6. The second-order valence-electron chi connectivity index (χ2n) is 9.87. The van der Waals surface area contributed by atoms with Crippen molar-refractivity contribution in [1.29, 1.82) is 0 Å². The molecule has 8 heteroatoms. The van der Waals surface area contributed by atoms with Crippen LogP contribution >= 0.6 is 12.2 Å². The number of thiocarbonyl (C=S) groups is 1. The van der Waals surface area contributed by atoms with Gasteiger partial charge in [0.1, 0.15) is 11.8 Å². The number of aromatic nitrogens is 2. The van der Waals surface area contributed by atoms with Gasteiger partial charge in [0.15, 0.2) is 5.11 Å². The fourth-order valence-corrected chi connectivity index (χ4v) is 5.23. The van der Waals surface area contributed by atoms with Gasteiger partial charge in [0.25, 0.3) is 0 Å². The number of nitrogens with zero attached hydrogens (tertiary/aromatic N) is 3. The molecule has 2 aromatic heterocycles. The van der Waals surface area contributed by atoms with Crippen LogP contribution in [0.3, 0.4) is 0 Å². The molecule has 3 heterocycles. The summed E-state index contributed by atoms with van der Waals surface area (Å²) in [6.07, 6.45) is 3.87. The zero-order valence-electron chi connectivity index (χ0n) is 22.6. The number of pyridine rings is 1. The van der Waals surface area contributed by atoms with Gasteiger partial charge in [-0.05, 0) is 98.4 Å². The van der Waals surface area contributed by atoms with Crippen LogP contribution in [0, 0.1) is 12.8 Å². The highest BCUT2D eigenvalue weighted by Crippen LogP contribution is 2.43. The molecule has 1 saturated heterocycles. The Balaban J connectivity index is 1.57. The molecule has 2 N–H and O–H groups in total. The molecule has 0 unspecified atom stereocenters. The predicted octanol–water partition coefficient (Wildman–Crippen LogP) is 6.35. The van der Waals surface area contributed by atoms with Gasteiger partial charge in [-0.15, -0.1) is 0 Å². The van der Waals surface area contributed by atoms with Crippen LogP contribution in [0.25, 0.3) is 5.69 Å². The molecule has 7 nitrogen and oxygen atoms in total. The summed E-state index contributed by atoms with van der Waals surface area (Å²) in [7, 11) is 0. The van der Waals surface area contributed by atoms with Crippen molar-refractivity contribution < 1.29 is 9.53 Å². The number of carbonyl (C=O) groups excluding carboxylic acids is 1. The van der Waals surface area contributed by atoms with E-state index in [9.17, 15) is 4.79 Å². The van der Waals surface area contributed by atoms with Crippen molar-refractivity contribution in [3.05, 3.63) is 102 Å². The minimum atomic E-state index is -0.176. The molecule has 39 heavy (non-hydrogen) atoms. The average molecular weight is 540 g/mol. The van der Waals surface area contributed by atoms with Crippen LogP contribution in [-0.2, 0) is 4.79 Å². The quantitative estimate of drug-likeness (QED) is 0.254. The number of hydrogen-bond acceptors (Lipinski definition) is 4. The number of aryl methyl sites for hydroxylation is 1. The van der Waals surface area contributed by atoms with Gasteiger partial charge >= 0.3 is 0 Å². The lowest BCUT2D eigenvalue weighted by atomic mass is 10.00. The molecule has 2 atom stereocenters. The number of carbonyl (C=O) groups is 1. The van der Waals surface area contributed by atoms with E-state index in [4.69, 9.17) is 17.0 Å². The third kappa shape index (κ3) is 5.38. The Morgan fingerprint density at radius 1 is 1.08 bits per heavy atom. The second kappa shape index (κ2) is 11.3. The molecule has 4 aromatic rings. The van der Waals surface area contributed by atoms with Crippen molar-refractivity contribution in [1.82, 2.24) is 14.9 Å². The molecule has 5 rings (SSSR count). The summed E-state index contributed by atoms with van der Waals surface area (Å²) in [4.78, 5) is 19.2. The van der Waals surface area contributed by atoms with E-state index in [2.05, 4.69) is 61.6 Å². The van der Waals surface area contributed by atoms with Crippen molar-refractivity contribution in [2.24, 2.45) is 5.92 Å². The first-order chi connectivity index (χ1) is 18.9. The van der Waals surface area contributed by atoms with E-state index in [1.165, 1.54) is 0 Å². The number of amides is 1. The van der Waals surface area contributed by atoms with E-state index in [1.54, 1.807) is 0 Å². The summed E-state index contributed by atoms with van der Waals surface area (Å²) < 4.78 is 7.83. The second-order valence-corrected chi connectivity index (χ2v) is 10.3. The number of ether oxygens (including phenoxy) is 1. The van der Waals surface area contributed by atoms with E-state index >= 15 is 0 Å². The highest BCUT2D eigenvalue weighted by Gasteiger charge is 2.42. The van der Waals surface area contributed by atoms with Crippen LogP contribution in [0.5, 0.6) is 5.75 Å². The summed E-state index contributed by atoms with van der Waals surface area (Å²) in [5.74, 6) is 0.732. The van der Waals surface area contributed by atoms with Gasteiger partial charge in [-0.2, -0.15) is 0 Å². The molecule has 0 radical (unpaired) electrons. The van der Waals surface area contributed by atoms with Crippen molar-refractivity contribution in [2.45, 2.75) is 39.8 Å². The minimum Gasteiger partial charge on any atom is -0.494 e. The lowest BCUT2D eigenvalue weighted by Gasteiger charge is -2.29. The Morgan fingerprint density at radius 3 is 2.51 bits per heavy atom. The van der Waals surface area contributed by atoms with Crippen molar-refractivity contribution >= 4 is 34.6 Å².